The van der Waals surface area contributed by atoms with Crippen molar-refractivity contribution in [3.05, 3.63) is 88.6 Å². The SMILES string of the molecule is COc1ccc(F)cc1S(=O)(=O)n1ncc2ccc(CC(=O)c3c(F)cccc3Cl)cc21. The number of rotatable bonds is 6. The monoisotopic (exact) mass is 476 g/mol. The van der Waals surface area contributed by atoms with E-state index in [2.05, 4.69) is 5.10 Å². The van der Waals surface area contributed by atoms with Crippen LogP contribution in [0.3, 0.4) is 0 Å². The Labute approximate surface area is 187 Å². The fraction of sp³-hybridized carbons (Fsp3) is 0.0909. The number of hydrogen-bond acceptors (Lipinski definition) is 5. The van der Waals surface area contributed by atoms with Crippen molar-refractivity contribution in [1.82, 2.24) is 9.19 Å². The minimum atomic E-state index is -4.32. The predicted octanol–water partition coefficient (Wildman–Crippen LogP) is 4.64. The van der Waals surface area contributed by atoms with E-state index in [1.807, 2.05) is 0 Å². The van der Waals surface area contributed by atoms with Crippen molar-refractivity contribution in [3.8, 4) is 5.75 Å². The highest BCUT2D eigenvalue weighted by atomic mass is 35.5. The molecule has 6 nitrogen and oxygen atoms in total. The van der Waals surface area contributed by atoms with Crippen LogP contribution in [0.2, 0.25) is 5.02 Å². The number of methoxy groups -OCH3 is 1. The Hall–Kier alpha value is -3.30. The summed E-state index contributed by atoms with van der Waals surface area (Å²) in [5.74, 6) is -2.10. The number of benzene rings is 3. The van der Waals surface area contributed by atoms with Crippen molar-refractivity contribution < 1.29 is 26.7 Å². The van der Waals surface area contributed by atoms with Crippen molar-refractivity contribution in [2.24, 2.45) is 0 Å². The van der Waals surface area contributed by atoms with Crippen molar-refractivity contribution in [1.29, 1.82) is 0 Å². The normalized spacial score (nSPS) is 11.6. The molecule has 0 atom stereocenters. The molecule has 1 aromatic heterocycles. The molecule has 0 spiro atoms. The third kappa shape index (κ3) is 3.85. The molecule has 0 saturated heterocycles. The number of ether oxygens (including phenoxy) is 1. The van der Waals surface area contributed by atoms with E-state index in [4.69, 9.17) is 16.3 Å². The molecule has 0 saturated carbocycles. The van der Waals surface area contributed by atoms with E-state index < -0.39 is 32.3 Å². The lowest BCUT2D eigenvalue weighted by molar-refractivity contribution is 0.0989. The number of Topliss-reactive ketones (excluding diaryl/α,β-unsaturated/α-hetero) is 1. The molecule has 0 unspecified atom stereocenters. The summed E-state index contributed by atoms with van der Waals surface area (Å²) < 4.78 is 60.1. The minimum absolute atomic E-state index is 0.0121. The number of ketones is 1. The van der Waals surface area contributed by atoms with E-state index >= 15 is 0 Å². The molecule has 0 aliphatic heterocycles. The van der Waals surface area contributed by atoms with Crippen LogP contribution in [0.25, 0.3) is 10.9 Å². The maximum absolute atomic E-state index is 14.1. The largest absolute Gasteiger partial charge is 0.495 e. The van der Waals surface area contributed by atoms with E-state index in [1.165, 1.54) is 37.6 Å². The van der Waals surface area contributed by atoms with Gasteiger partial charge in [0.2, 0.25) is 0 Å². The molecule has 4 rings (SSSR count). The average Bonchev–Trinajstić information content (AvgIpc) is 3.17. The van der Waals surface area contributed by atoms with Crippen LogP contribution in [-0.2, 0) is 16.4 Å². The van der Waals surface area contributed by atoms with Gasteiger partial charge in [0.05, 0.1) is 29.4 Å². The van der Waals surface area contributed by atoms with Crippen LogP contribution in [0.4, 0.5) is 8.78 Å². The first kappa shape index (κ1) is 21.9. The summed E-state index contributed by atoms with van der Waals surface area (Å²) in [6, 6.07) is 11.7. The molecule has 4 aromatic rings. The van der Waals surface area contributed by atoms with Gasteiger partial charge in [-0.3, -0.25) is 4.79 Å². The predicted molar refractivity (Wildman–Crippen MR) is 115 cm³/mol. The summed E-state index contributed by atoms with van der Waals surface area (Å²) in [6.45, 7) is 0. The van der Waals surface area contributed by atoms with Gasteiger partial charge in [0.15, 0.2) is 5.78 Å². The van der Waals surface area contributed by atoms with E-state index in [0.29, 0.717) is 10.9 Å². The summed E-state index contributed by atoms with van der Waals surface area (Å²) in [5.41, 5.74) is 0.353. The molecule has 1 heterocycles. The van der Waals surface area contributed by atoms with Gasteiger partial charge >= 0.3 is 0 Å². The van der Waals surface area contributed by atoms with Crippen LogP contribution < -0.4 is 4.74 Å². The Kier molecular flexibility index (Phi) is 5.70. The first-order valence-corrected chi connectivity index (χ1v) is 11.1. The average molecular weight is 477 g/mol. The topological polar surface area (TPSA) is 78.3 Å². The van der Waals surface area contributed by atoms with Crippen molar-refractivity contribution in [2.45, 2.75) is 11.3 Å². The van der Waals surface area contributed by atoms with Crippen molar-refractivity contribution in [3.63, 3.8) is 0 Å². The zero-order chi connectivity index (χ0) is 23.0. The number of fused-ring (bicyclic) bond motifs is 1. The summed E-state index contributed by atoms with van der Waals surface area (Å²) in [7, 11) is -3.05. The Morgan fingerprint density at radius 1 is 1.12 bits per heavy atom. The van der Waals surface area contributed by atoms with Crippen LogP contribution in [-0.4, -0.2) is 30.5 Å². The second kappa shape index (κ2) is 8.33. The third-order valence-corrected chi connectivity index (χ3v) is 6.78. The molecule has 3 aromatic carbocycles. The van der Waals surface area contributed by atoms with Crippen LogP contribution in [0.1, 0.15) is 15.9 Å². The lowest BCUT2D eigenvalue weighted by atomic mass is 10.0. The smallest absolute Gasteiger partial charge is 0.287 e. The standard InChI is InChI=1S/C22H15ClF2N2O4S/c1-31-20-8-7-15(24)11-21(20)32(29,30)27-18-9-13(5-6-14(18)12-26-27)10-19(28)22-16(23)3-2-4-17(22)25/h2-9,11-12H,10H2,1H3. The number of carbonyl (C=O) groups is 1. The Morgan fingerprint density at radius 3 is 2.62 bits per heavy atom. The summed E-state index contributed by atoms with van der Waals surface area (Å²) in [6.07, 6.45) is 1.11. The van der Waals surface area contributed by atoms with Gasteiger partial charge < -0.3 is 4.74 Å². The van der Waals surface area contributed by atoms with E-state index in [1.54, 1.807) is 12.1 Å². The molecule has 0 N–H and O–H groups in total. The second-order valence-electron chi connectivity index (χ2n) is 6.88. The van der Waals surface area contributed by atoms with Gasteiger partial charge in [-0.2, -0.15) is 17.6 Å². The summed E-state index contributed by atoms with van der Waals surface area (Å²) in [4.78, 5) is 12.2. The number of carbonyl (C=O) groups excluding carboxylic acids is 1. The lowest BCUT2D eigenvalue weighted by Crippen LogP contribution is -2.16. The molecular weight excluding hydrogens is 462 g/mol. The van der Waals surface area contributed by atoms with Gasteiger partial charge in [-0.05, 0) is 42.0 Å². The summed E-state index contributed by atoms with van der Waals surface area (Å²) >= 11 is 5.97. The molecule has 164 valence electrons. The molecule has 32 heavy (non-hydrogen) atoms. The number of hydrogen-bond donors (Lipinski definition) is 0. The maximum atomic E-state index is 14.1. The van der Waals surface area contributed by atoms with Crippen molar-refractivity contribution in [2.75, 3.05) is 7.11 Å². The third-order valence-electron chi connectivity index (χ3n) is 4.84. The number of halogens is 3. The van der Waals surface area contributed by atoms with Crippen LogP contribution in [0.5, 0.6) is 5.75 Å². The van der Waals surface area contributed by atoms with Gasteiger partial charge in [0.25, 0.3) is 10.0 Å². The molecular formula is C22H15ClF2N2O4S. The molecule has 0 fully saturated rings. The van der Waals surface area contributed by atoms with Crippen LogP contribution in [0.15, 0.2) is 65.7 Å². The van der Waals surface area contributed by atoms with E-state index in [9.17, 15) is 22.0 Å². The van der Waals surface area contributed by atoms with Gasteiger partial charge in [-0.1, -0.05) is 29.8 Å². The Bertz CT molecular complexity index is 1450. The van der Waals surface area contributed by atoms with Gasteiger partial charge in [-0.25, -0.2) is 8.78 Å². The highest BCUT2D eigenvalue weighted by molar-refractivity contribution is 7.90. The quantitative estimate of drug-likeness (QED) is 0.379. The zero-order valence-corrected chi connectivity index (χ0v) is 18.1. The highest BCUT2D eigenvalue weighted by Gasteiger charge is 2.26. The molecule has 0 radical (unpaired) electrons. The zero-order valence-electron chi connectivity index (χ0n) is 16.6. The summed E-state index contributed by atoms with van der Waals surface area (Å²) in [5, 5.41) is 4.40. The fourth-order valence-electron chi connectivity index (χ4n) is 3.33. The highest BCUT2D eigenvalue weighted by Crippen LogP contribution is 2.29. The van der Waals surface area contributed by atoms with Crippen LogP contribution >= 0.6 is 11.6 Å². The molecule has 0 aliphatic carbocycles. The molecule has 0 amide bonds. The molecule has 0 aliphatic rings. The van der Waals surface area contributed by atoms with Gasteiger partial charge in [0.1, 0.15) is 22.3 Å². The minimum Gasteiger partial charge on any atom is -0.495 e. The second-order valence-corrected chi connectivity index (χ2v) is 9.02. The van der Waals surface area contributed by atoms with E-state index in [-0.39, 0.29) is 28.3 Å². The van der Waals surface area contributed by atoms with Gasteiger partial charge in [0, 0.05) is 11.8 Å². The molecule has 10 heteroatoms. The van der Waals surface area contributed by atoms with E-state index in [0.717, 1.165) is 22.3 Å². The first-order chi connectivity index (χ1) is 15.2. The number of aromatic nitrogens is 2. The van der Waals surface area contributed by atoms with Gasteiger partial charge in [-0.15, -0.1) is 0 Å². The number of nitrogens with zero attached hydrogens (tertiary/aromatic N) is 2. The van der Waals surface area contributed by atoms with Crippen molar-refractivity contribution >= 4 is 38.3 Å². The first-order valence-electron chi connectivity index (χ1n) is 9.25. The maximum Gasteiger partial charge on any atom is 0.287 e. The molecule has 0 bridgehead atoms. The fourth-order valence-corrected chi connectivity index (χ4v) is 5.04. The van der Waals surface area contributed by atoms with Crippen LogP contribution in [0, 0.1) is 11.6 Å². The lowest BCUT2D eigenvalue weighted by Gasteiger charge is -2.11. The Morgan fingerprint density at radius 2 is 1.91 bits per heavy atom. The Balaban J connectivity index is 1.77.